The van der Waals surface area contributed by atoms with Crippen molar-refractivity contribution in [3.63, 3.8) is 0 Å². The number of nitrogens with one attached hydrogen (secondary N) is 1. The first-order valence-electron chi connectivity index (χ1n) is 10.8. The molecule has 168 valence electrons. The van der Waals surface area contributed by atoms with E-state index in [0.29, 0.717) is 11.5 Å². The zero-order chi connectivity index (χ0) is 22.4. The summed E-state index contributed by atoms with van der Waals surface area (Å²) in [6.07, 6.45) is 0.988. The summed E-state index contributed by atoms with van der Waals surface area (Å²) in [6.45, 7) is 7.09. The van der Waals surface area contributed by atoms with E-state index in [1.807, 2.05) is 13.0 Å². The predicted octanol–water partition coefficient (Wildman–Crippen LogP) is 6.63. The van der Waals surface area contributed by atoms with Gasteiger partial charge in [0, 0.05) is 11.1 Å². The third kappa shape index (κ3) is 6.86. The monoisotopic (exact) mass is 425 g/mol. The lowest BCUT2D eigenvalue weighted by Crippen LogP contribution is -2.39. The maximum atomic E-state index is 13.3. The number of hydrogen-bond donors (Lipinski definition) is 1. The fraction of sp³-hybridized carbons (Fsp3) is 0.625. The van der Waals surface area contributed by atoms with Crippen molar-refractivity contribution in [1.29, 1.82) is 0 Å². The van der Waals surface area contributed by atoms with E-state index < -0.39 is 12.8 Å². The van der Waals surface area contributed by atoms with Crippen LogP contribution in [0.4, 0.5) is 13.2 Å². The van der Waals surface area contributed by atoms with Gasteiger partial charge in [-0.2, -0.15) is 13.2 Å². The lowest BCUT2D eigenvalue weighted by Gasteiger charge is -2.32. The van der Waals surface area contributed by atoms with Crippen LogP contribution in [0.15, 0.2) is 29.8 Å². The number of halogens is 3. The van der Waals surface area contributed by atoms with Crippen LogP contribution in [0.1, 0.15) is 77.3 Å². The molecule has 1 heterocycles. The van der Waals surface area contributed by atoms with Crippen LogP contribution in [0.3, 0.4) is 0 Å². The van der Waals surface area contributed by atoms with Crippen molar-refractivity contribution in [2.45, 2.75) is 79.0 Å². The minimum atomic E-state index is -4.34. The largest absolute Gasteiger partial charge is 0.411 e. The predicted molar refractivity (Wildman–Crippen MR) is 114 cm³/mol. The van der Waals surface area contributed by atoms with Gasteiger partial charge in [-0.25, -0.2) is 0 Å². The molecule has 1 aromatic carbocycles. The SMILES string of the molecule is CCCC1(CCC(C)C)CCC(C)=C(c2cccc(COCC(F)(F)F)c2)NC1=O. The highest BCUT2D eigenvalue weighted by molar-refractivity contribution is 5.92. The number of carbonyl (C=O) groups is 1. The second-order valence-corrected chi connectivity index (χ2v) is 8.88. The van der Waals surface area contributed by atoms with Gasteiger partial charge in [-0.3, -0.25) is 4.79 Å². The van der Waals surface area contributed by atoms with E-state index in [1.54, 1.807) is 18.2 Å². The number of allylic oxidation sites excluding steroid dienone is 1. The molecule has 1 aliphatic heterocycles. The molecule has 0 aromatic heterocycles. The molecule has 0 saturated carbocycles. The number of ether oxygens (including phenoxy) is 1. The van der Waals surface area contributed by atoms with Crippen LogP contribution < -0.4 is 5.32 Å². The number of hydrogen-bond acceptors (Lipinski definition) is 2. The Labute approximate surface area is 178 Å². The first-order chi connectivity index (χ1) is 14.1. The topological polar surface area (TPSA) is 38.3 Å². The minimum Gasteiger partial charge on any atom is -0.367 e. The van der Waals surface area contributed by atoms with Crippen LogP contribution in [0.2, 0.25) is 0 Å². The summed E-state index contributed by atoms with van der Waals surface area (Å²) >= 11 is 0. The molecule has 0 spiro atoms. The van der Waals surface area contributed by atoms with Gasteiger partial charge in [0.1, 0.15) is 6.61 Å². The van der Waals surface area contributed by atoms with Gasteiger partial charge in [0.2, 0.25) is 5.91 Å². The summed E-state index contributed by atoms with van der Waals surface area (Å²) in [7, 11) is 0. The molecular formula is C24H34F3NO2. The summed E-state index contributed by atoms with van der Waals surface area (Å²) in [6, 6.07) is 7.21. The van der Waals surface area contributed by atoms with E-state index in [1.165, 1.54) is 0 Å². The van der Waals surface area contributed by atoms with Crippen molar-refractivity contribution in [2.75, 3.05) is 6.61 Å². The first-order valence-corrected chi connectivity index (χ1v) is 10.8. The highest BCUT2D eigenvalue weighted by Crippen LogP contribution is 2.41. The van der Waals surface area contributed by atoms with Crippen LogP contribution >= 0.6 is 0 Å². The lowest BCUT2D eigenvalue weighted by atomic mass is 9.73. The fourth-order valence-corrected chi connectivity index (χ4v) is 4.08. The highest BCUT2D eigenvalue weighted by Gasteiger charge is 2.39. The number of benzene rings is 1. The number of amides is 1. The van der Waals surface area contributed by atoms with Gasteiger partial charge in [-0.15, -0.1) is 0 Å². The maximum Gasteiger partial charge on any atom is 0.411 e. The van der Waals surface area contributed by atoms with Crippen LogP contribution in [0, 0.1) is 11.3 Å². The standard InChI is InChI=1S/C24H34F3NO2/c1-5-11-23(12-9-17(2)3)13-10-18(4)21(28-22(23)29)20-8-6-7-19(14-20)15-30-16-24(25,26)27/h6-8,14,17H,5,9-13,15-16H2,1-4H3,(H,28,29). The molecule has 1 aliphatic rings. The molecule has 0 bridgehead atoms. The zero-order valence-electron chi connectivity index (χ0n) is 18.5. The van der Waals surface area contributed by atoms with Gasteiger partial charge in [0.25, 0.3) is 0 Å². The van der Waals surface area contributed by atoms with Gasteiger partial charge < -0.3 is 10.1 Å². The molecule has 3 nitrogen and oxygen atoms in total. The number of carbonyl (C=O) groups excluding carboxylic acids is 1. The van der Waals surface area contributed by atoms with Crippen LogP contribution in [0.5, 0.6) is 0 Å². The third-order valence-electron chi connectivity index (χ3n) is 5.80. The normalized spacial score (nSPS) is 20.5. The molecule has 0 saturated heterocycles. The van der Waals surface area contributed by atoms with Crippen LogP contribution in [-0.2, 0) is 16.1 Å². The van der Waals surface area contributed by atoms with Crippen molar-refractivity contribution in [3.05, 3.63) is 41.0 Å². The molecule has 2 rings (SSSR count). The Bertz CT molecular complexity index is 755. The van der Waals surface area contributed by atoms with Gasteiger partial charge in [-0.1, -0.05) is 45.4 Å². The van der Waals surface area contributed by atoms with Crippen molar-refractivity contribution in [2.24, 2.45) is 11.3 Å². The molecule has 0 radical (unpaired) electrons. The average molecular weight is 426 g/mol. The van der Waals surface area contributed by atoms with Crippen LogP contribution in [0.25, 0.3) is 5.70 Å². The average Bonchev–Trinajstić information content (AvgIpc) is 2.78. The van der Waals surface area contributed by atoms with Crippen molar-refractivity contribution in [1.82, 2.24) is 5.32 Å². The molecule has 1 N–H and O–H groups in total. The molecule has 0 fully saturated rings. The summed E-state index contributed by atoms with van der Waals surface area (Å²) < 4.78 is 41.8. The van der Waals surface area contributed by atoms with E-state index >= 15 is 0 Å². The van der Waals surface area contributed by atoms with Crippen molar-refractivity contribution in [3.8, 4) is 0 Å². The first kappa shape index (κ1) is 24.4. The molecule has 1 aromatic rings. The van der Waals surface area contributed by atoms with Gasteiger partial charge in [0.05, 0.1) is 6.61 Å². The zero-order valence-corrected chi connectivity index (χ0v) is 18.5. The smallest absolute Gasteiger partial charge is 0.367 e. The maximum absolute atomic E-state index is 13.3. The summed E-state index contributed by atoms with van der Waals surface area (Å²) in [5.41, 5.74) is 2.97. The second kappa shape index (κ2) is 10.5. The Morgan fingerprint density at radius 2 is 1.97 bits per heavy atom. The van der Waals surface area contributed by atoms with Crippen LogP contribution in [-0.4, -0.2) is 18.7 Å². The van der Waals surface area contributed by atoms with E-state index in [-0.39, 0.29) is 17.9 Å². The highest BCUT2D eigenvalue weighted by atomic mass is 19.4. The Hall–Kier alpha value is -1.82. The van der Waals surface area contributed by atoms with Crippen molar-refractivity contribution < 1.29 is 22.7 Å². The minimum absolute atomic E-state index is 0.0653. The quantitative estimate of drug-likeness (QED) is 0.482. The molecule has 0 aliphatic carbocycles. The Kier molecular flexibility index (Phi) is 8.53. The molecule has 30 heavy (non-hydrogen) atoms. The van der Waals surface area contributed by atoms with Gasteiger partial charge in [0.15, 0.2) is 0 Å². The van der Waals surface area contributed by atoms with E-state index in [0.717, 1.165) is 55.4 Å². The molecule has 1 atom stereocenters. The van der Waals surface area contributed by atoms with E-state index in [4.69, 9.17) is 4.74 Å². The molecule has 1 amide bonds. The van der Waals surface area contributed by atoms with Crippen molar-refractivity contribution >= 4 is 11.6 Å². The van der Waals surface area contributed by atoms with Gasteiger partial charge in [-0.05, 0) is 67.7 Å². The Morgan fingerprint density at radius 3 is 2.60 bits per heavy atom. The fourth-order valence-electron chi connectivity index (χ4n) is 4.08. The third-order valence-corrected chi connectivity index (χ3v) is 5.80. The lowest BCUT2D eigenvalue weighted by molar-refractivity contribution is -0.176. The second-order valence-electron chi connectivity index (χ2n) is 8.88. The molecular weight excluding hydrogens is 391 g/mol. The molecule has 1 unspecified atom stereocenters. The Morgan fingerprint density at radius 1 is 1.23 bits per heavy atom. The molecule has 6 heteroatoms. The number of alkyl halides is 3. The Balaban J connectivity index is 2.20. The summed E-state index contributed by atoms with van der Waals surface area (Å²) in [5, 5.41) is 3.17. The summed E-state index contributed by atoms with van der Waals surface area (Å²) in [4.78, 5) is 13.3. The van der Waals surface area contributed by atoms with Gasteiger partial charge >= 0.3 is 6.18 Å². The summed E-state index contributed by atoms with van der Waals surface area (Å²) in [5.74, 6) is 0.604. The van der Waals surface area contributed by atoms with E-state index in [2.05, 4.69) is 26.1 Å². The van der Waals surface area contributed by atoms with E-state index in [9.17, 15) is 18.0 Å². The number of rotatable bonds is 9.